The van der Waals surface area contributed by atoms with Crippen LogP contribution in [0.4, 0.5) is 0 Å². The lowest BCUT2D eigenvalue weighted by atomic mass is 10.1. The van der Waals surface area contributed by atoms with Crippen LogP contribution in [0, 0.1) is 6.92 Å². The van der Waals surface area contributed by atoms with Gasteiger partial charge < -0.3 is 10.1 Å². The van der Waals surface area contributed by atoms with Gasteiger partial charge in [-0.15, -0.1) is 0 Å². The number of aromatic nitrogens is 2. The Bertz CT molecular complexity index is 763. The minimum Gasteiger partial charge on any atom is -0.498 e. The average Bonchev–Trinajstić information content (AvgIpc) is 3.00. The molecule has 1 aromatic heterocycles. The molecule has 0 fully saturated rings. The summed E-state index contributed by atoms with van der Waals surface area (Å²) < 4.78 is 7.37. The van der Waals surface area contributed by atoms with Crippen LogP contribution in [0.2, 0.25) is 0 Å². The van der Waals surface area contributed by atoms with Gasteiger partial charge >= 0.3 is 0 Å². The Morgan fingerprint density at radius 3 is 2.84 bits per heavy atom. The zero-order chi connectivity index (χ0) is 17.6. The van der Waals surface area contributed by atoms with Crippen LogP contribution in [0.5, 0.6) is 0 Å². The highest BCUT2D eigenvalue weighted by molar-refractivity contribution is 5.93. The fourth-order valence-electron chi connectivity index (χ4n) is 3.05. The van der Waals surface area contributed by atoms with Crippen LogP contribution in [0.25, 0.3) is 5.69 Å². The molecule has 2 heterocycles. The molecule has 0 spiro atoms. The number of hydrogen-bond acceptors (Lipinski definition) is 3. The smallest absolute Gasteiger partial charge is 0.250 e. The van der Waals surface area contributed by atoms with E-state index < -0.39 is 0 Å². The number of allylic oxidation sites excluding steroid dienone is 1. The number of ether oxygens (including phenoxy) is 1. The second-order valence-corrected chi connectivity index (χ2v) is 6.37. The highest BCUT2D eigenvalue weighted by Crippen LogP contribution is 2.18. The zero-order valence-corrected chi connectivity index (χ0v) is 14.9. The molecule has 0 saturated heterocycles. The number of para-hydroxylation sites is 1. The normalized spacial score (nSPS) is 14.3. The standard InChI is InChI=1S/C20H25N3O2/c1-15-17(14-23(22-15)18-9-4-3-5-10-18)8-6-12-21-20(24)19-11-7-13-25-16(19)2/h3-5,9-10,14H,6-8,11-13H2,1-2H3,(H,21,24). The number of benzene rings is 1. The molecule has 132 valence electrons. The summed E-state index contributed by atoms with van der Waals surface area (Å²) in [6.07, 6.45) is 5.58. The van der Waals surface area contributed by atoms with Gasteiger partial charge in [0, 0.05) is 12.7 Å². The SMILES string of the molecule is CC1=C(C(=O)NCCCc2cn(-c3ccccc3)nc2C)CCCO1. The predicted octanol–water partition coefficient (Wildman–Crippen LogP) is 3.31. The predicted molar refractivity (Wildman–Crippen MR) is 97.5 cm³/mol. The quantitative estimate of drug-likeness (QED) is 0.822. The van der Waals surface area contributed by atoms with Crippen molar-refractivity contribution in [3.8, 4) is 5.69 Å². The van der Waals surface area contributed by atoms with E-state index in [9.17, 15) is 4.79 Å². The van der Waals surface area contributed by atoms with E-state index in [0.29, 0.717) is 13.2 Å². The molecule has 1 aromatic carbocycles. The van der Waals surface area contributed by atoms with Gasteiger partial charge in [-0.25, -0.2) is 4.68 Å². The molecular formula is C20H25N3O2. The Kier molecular flexibility index (Phi) is 5.53. The fourth-order valence-corrected chi connectivity index (χ4v) is 3.05. The van der Waals surface area contributed by atoms with Crippen molar-refractivity contribution in [2.75, 3.05) is 13.2 Å². The first kappa shape index (κ1) is 17.3. The molecule has 1 N–H and O–H groups in total. The first-order valence-corrected chi connectivity index (χ1v) is 8.86. The second kappa shape index (κ2) is 8.01. The van der Waals surface area contributed by atoms with E-state index in [2.05, 4.69) is 16.6 Å². The number of hydrogen-bond donors (Lipinski definition) is 1. The summed E-state index contributed by atoms with van der Waals surface area (Å²) in [5, 5.41) is 7.59. The van der Waals surface area contributed by atoms with Crippen LogP contribution in [0.15, 0.2) is 47.9 Å². The van der Waals surface area contributed by atoms with Crippen molar-refractivity contribution < 1.29 is 9.53 Å². The summed E-state index contributed by atoms with van der Waals surface area (Å²) in [5.41, 5.74) is 4.10. The van der Waals surface area contributed by atoms with Crippen molar-refractivity contribution in [3.63, 3.8) is 0 Å². The van der Waals surface area contributed by atoms with Gasteiger partial charge in [-0.05, 0) is 57.2 Å². The maximum Gasteiger partial charge on any atom is 0.250 e. The van der Waals surface area contributed by atoms with Gasteiger partial charge in [0.25, 0.3) is 5.91 Å². The summed E-state index contributed by atoms with van der Waals surface area (Å²) in [6, 6.07) is 10.1. The van der Waals surface area contributed by atoms with Gasteiger partial charge in [-0.2, -0.15) is 5.10 Å². The van der Waals surface area contributed by atoms with Gasteiger partial charge in [0.1, 0.15) is 5.76 Å². The van der Waals surface area contributed by atoms with Crippen LogP contribution in [-0.2, 0) is 16.0 Å². The fraction of sp³-hybridized carbons (Fsp3) is 0.400. The molecule has 0 bridgehead atoms. The minimum absolute atomic E-state index is 0.00824. The number of aryl methyl sites for hydroxylation is 2. The topological polar surface area (TPSA) is 56.2 Å². The Hall–Kier alpha value is -2.56. The monoisotopic (exact) mass is 339 g/mol. The van der Waals surface area contributed by atoms with Gasteiger partial charge in [0.05, 0.1) is 23.6 Å². The molecule has 0 saturated carbocycles. The summed E-state index contributed by atoms with van der Waals surface area (Å²) in [7, 11) is 0. The van der Waals surface area contributed by atoms with Gasteiger partial charge in [0.15, 0.2) is 0 Å². The van der Waals surface area contributed by atoms with E-state index in [-0.39, 0.29) is 5.91 Å². The molecule has 1 aliphatic rings. The molecule has 1 amide bonds. The summed E-state index contributed by atoms with van der Waals surface area (Å²) in [4.78, 5) is 12.2. The van der Waals surface area contributed by atoms with E-state index in [0.717, 1.165) is 48.4 Å². The third kappa shape index (κ3) is 4.29. The lowest BCUT2D eigenvalue weighted by molar-refractivity contribution is -0.118. The van der Waals surface area contributed by atoms with E-state index in [4.69, 9.17) is 4.74 Å². The Morgan fingerprint density at radius 1 is 1.28 bits per heavy atom. The molecule has 0 aliphatic carbocycles. The van der Waals surface area contributed by atoms with Gasteiger partial charge in [-0.3, -0.25) is 4.79 Å². The first-order chi connectivity index (χ1) is 12.1. The highest BCUT2D eigenvalue weighted by atomic mass is 16.5. The summed E-state index contributed by atoms with van der Waals surface area (Å²) in [6.45, 7) is 5.27. The maximum absolute atomic E-state index is 12.2. The second-order valence-electron chi connectivity index (χ2n) is 6.37. The number of rotatable bonds is 6. The lowest BCUT2D eigenvalue weighted by Gasteiger charge is -2.18. The van der Waals surface area contributed by atoms with Crippen molar-refractivity contribution in [2.24, 2.45) is 0 Å². The number of nitrogens with one attached hydrogen (secondary N) is 1. The highest BCUT2D eigenvalue weighted by Gasteiger charge is 2.17. The number of carbonyl (C=O) groups excluding carboxylic acids is 1. The summed E-state index contributed by atoms with van der Waals surface area (Å²) >= 11 is 0. The van der Waals surface area contributed by atoms with E-state index in [1.807, 2.05) is 48.9 Å². The lowest BCUT2D eigenvalue weighted by Crippen LogP contribution is -2.28. The first-order valence-electron chi connectivity index (χ1n) is 8.86. The van der Waals surface area contributed by atoms with E-state index in [1.165, 1.54) is 5.56 Å². The van der Waals surface area contributed by atoms with Crippen LogP contribution in [0.3, 0.4) is 0 Å². The van der Waals surface area contributed by atoms with Crippen molar-refractivity contribution in [1.29, 1.82) is 0 Å². The number of nitrogens with zero attached hydrogens (tertiary/aromatic N) is 2. The van der Waals surface area contributed by atoms with Crippen molar-refractivity contribution in [1.82, 2.24) is 15.1 Å². The molecule has 5 nitrogen and oxygen atoms in total. The van der Waals surface area contributed by atoms with Gasteiger partial charge in [-0.1, -0.05) is 18.2 Å². The Balaban J connectivity index is 1.51. The third-order valence-electron chi connectivity index (χ3n) is 4.52. The zero-order valence-electron chi connectivity index (χ0n) is 14.9. The van der Waals surface area contributed by atoms with Crippen LogP contribution in [-0.4, -0.2) is 28.8 Å². The Labute approximate surface area is 148 Å². The number of amides is 1. The molecule has 1 aliphatic heterocycles. The van der Waals surface area contributed by atoms with Crippen molar-refractivity contribution in [3.05, 3.63) is 59.1 Å². The third-order valence-corrected chi connectivity index (χ3v) is 4.52. The molecule has 3 rings (SSSR count). The van der Waals surface area contributed by atoms with Gasteiger partial charge in [0.2, 0.25) is 0 Å². The number of carbonyl (C=O) groups is 1. The average molecular weight is 339 g/mol. The molecule has 0 atom stereocenters. The summed E-state index contributed by atoms with van der Waals surface area (Å²) in [5.74, 6) is 0.776. The molecule has 0 unspecified atom stereocenters. The molecule has 5 heteroatoms. The minimum atomic E-state index is 0.00824. The maximum atomic E-state index is 12.2. The molecule has 25 heavy (non-hydrogen) atoms. The van der Waals surface area contributed by atoms with Crippen LogP contribution < -0.4 is 5.32 Å². The van der Waals surface area contributed by atoms with Crippen molar-refractivity contribution >= 4 is 5.91 Å². The molecular weight excluding hydrogens is 314 g/mol. The van der Waals surface area contributed by atoms with Crippen LogP contribution in [0.1, 0.15) is 37.4 Å². The molecule has 0 radical (unpaired) electrons. The Morgan fingerprint density at radius 2 is 2.08 bits per heavy atom. The van der Waals surface area contributed by atoms with Crippen LogP contribution >= 0.6 is 0 Å². The van der Waals surface area contributed by atoms with E-state index >= 15 is 0 Å². The van der Waals surface area contributed by atoms with Crippen molar-refractivity contribution in [2.45, 2.75) is 39.5 Å². The van der Waals surface area contributed by atoms with E-state index in [1.54, 1.807) is 0 Å². The largest absolute Gasteiger partial charge is 0.498 e. The molecule has 2 aromatic rings.